The molecule has 0 saturated heterocycles. The number of thiazole rings is 1. The number of benzene rings is 2. The Morgan fingerprint density at radius 3 is 2.71 bits per heavy atom. The van der Waals surface area contributed by atoms with Gasteiger partial charge in [-0.25, -0.2) is 9.79 Å². The first-order valence-electron chi connectivity index (χ1n) is 12.8. The summed E-state index contributed by atoms with van der Waals surface area (Å²) < 4.78 is 25.0. The highest BCUT2D eigenvalue weighted by atomic mass is 79.9. The average molecular weight is 652 g/mol. The van der Waals surface area contributed by atoms with Gasteiger partial charge in [-0.15, -0.1) is 0 Å². The van der Waals surface area contributed by atoms with Gasteiger partial charge in [-0.05, 0) is 62.2 Å². The number of halogens is 1. The van der Waals surface area contributed by atoms with Crippen molar-refractivity contribution in [2.45, 2.75) is 26.8 Å². The minimum absolute atomic E-state index is 0.0841. The first-order chi connectivity index (χ1) is 20.2. The van der Waals surface area contributed by atoms with Crippen LogP contribution < -0.4 is 24.4 Å². The predicted octanol–water partition coefficient (Wildman–Crippen LogP) is 4.77. The van der Waals surface area contributed by atoms with Gasteiger partial charge in [-0.1, -0.05) is 33.3 Å². The summed E-state index contributed by atoms with van der Waals surface area (Å²) in [6.07, 6.45) is 1.72. The van der Waals surface area contributed by atoms with Gasteiger partial charge in [0.2, 0.25) is 6.79 Å². The second-order valence-corrected chi connectivity index (χ2v) is 11.4. The zero-order valence-electron chi connectivity index (χ0n) is 22.5. The Balaban J connectivity index is 1.52. The van der Waals surface area contributed by atoms with Crippen molar-refractivity contribution in [2.75, 3.05) is 13.4 Å². The van der Waals surface area contributed by atoms with E-state index in [0.29, 0.717) is 47.9 Å². The molecular formula is C29H22BrN3O8S. The van der Waals surface area contributed by atoms with Crippen molar-refractivity contribution < 1.29 is 28.3 Å². The number of nitro benzene ring substituents is 1. The van der Waals surface area contributed by atoms with Gasteiger partial charge in [0, 0.05) is 22.2 Å². The molecule has 0 N–H and O–H groups in total. The molecule has 1 atom stereocenters. The lowest BCUT2D eigenvalue weighted by Crippen LogP contribution is -2.39. The normalized spacial score (nSPS) is 15.9. The number of rotatable bonds is 6. The largest absolute Gasteiger partial charge is 0.463 e. The van der Waals surface area contributed by atoms with Crippen LogP contribution in [0.4, 0.5) is 5.69 Å². The van der Waals surface area contributed by atoms with Crippen LogP contribution in [0.1, 0.15) is 36.8 Å². The van der Waals surface area contributed by atoms with E-state index in [-0.39, 0.29) is 36.0 Å². The van der Waals surface area contributed by atoms with E-state index in [1.807, 2.05) is 6.92 Å². The lowest BCUT2D eigenvalue weighted by molar-refractivity contribution is -0.384. The maximum atomic E-state index is 13.9. The molecule has 0 bridgehead atoms. The van der Waals surface area contributed by atoms with Gasteiger partial charge in [0.1, 0.15) is 17.6 Å². The topological polar surface area (TPSA) is 135 Å². The van der Waals surface area contributed by atoms with Crippen LogP contribution in [0.25, 0.3) is 17.4 Å². The molecule has 214 valence electrons. The number of carbonyl (C=O) groups is 1. The molecule has 0 amide bonds. The number of ether oxygens (including phenoxy) is 3. The molecule has 0 aliphatic carbocycles. The van der Waals surface area contributed by atoms with Crippen molar-refractivity contribution in [3.8, 4) is 22.8 Å². The molecule has 0 fully saturated rings. The number of carbonyl (C=O) groups excluding carboxylic acids is 1. The summed E-state index contributed by atoms with van der Waals surface area (Å²) in [5, 5.41) is 11.4. The van der Waals surface area contributed by atoms with Gasteiger partial charge >= 0.3 is 5.97 Å². The van der Waals surface area contributed by atoms with Gasteiger partial charge in [-0.3, -0.25) is 19.5 Å². The van der Waals surface area contributed by atoms with Crippen LogP contribution >= 0.6 is 27.3 Å². The SMILES string of the molecule is CCOC(=O)C1=C(C)N=c2s/c(=C\c3cc4c(cc3Br)OCO4)c(=O)n2[C@@H]1c1ccc(-c2cc([N+](=O)[O-])ccc2C)o1. The van der Waals surface area contributed by atoms with E-state index >= 15 is 0 Å². The maximum absolute atomic E-state index is 13.9. The standard InChI is InChI=1S/C29H22BrN3O8S/c1-4-38-28(35)25-15(3)31-29-32(27(34)24(42-29)10-16-9-22-23(12-19(16)30)40-13-39-22)26(25)21-8-7-20(41-21)18-11-17(33(36)37)6-5-14(18)2/h5-12,26H,4,13H2,1-3H3/b24-10-/t26-/m1/s1. The van der Waals surface area contributed by atoms with E-state index < -0.39 is 16.9 Å². The molecule has 4 heterocycles. The number of fused-ring (bicyclic) bond motifs is 2. The van der Waals surface area contributed by atoms with Gasteiger partial charge in [0.15, 0.2) is 16.3 Å². The molecule has 2 aromatic heterocycles. The summed E-state index contributed by atoms with van der Waals surface area (Å²) >= 11 is 4.70. The van der Waals surface area contributed by atoms with Crippen molar-refractivity contribution in [3.05, 3.63) is 105 Å². The molecule has 2 aliphatic heterocycles. The van der Waals surface area contributed by atoms with Crippen LogP contribution in [-0.4, -0.2) is 28.9 Å². The molecule has 11 nitrogen and oxygen atoms in total. The van der Waals surface area contributed by atoms with E-state index in [4.69, 9.17) is 18.6 Å². The Morgan fingerprint density at radius 1 is 1.21 bits per heavy atom. The van der Waals surface area contributed by atoms with Gasteiger partial charge in [-0.2, -0.15) is 0 Å². The summed E-state index contributed by atoms with van der Waals surface area (Å²) in [5.41, 5.74) is 2.07. The van der Waals surface area contributed by atoms with Crippen molar-refractivity contribution in [1.29, 1.82) is 0 Å². The number of hydrogen-bond acceptors (Lipinski definition) is 10. The molecule has 0 unspecified atom stereocenters. The minimum Gasteiger partial charge on any atom is -0.463 e. The summed E-state index contributed by atoms with van der Waals surface area (Å²) in [4.78, 5) is 43.0. The van der Waals surface area contributed by atoms with Crippen molar-refractivity contribution in [1.82, 2.24) is 4.57 Å². The number of esters is 1. The summed E-state index contributed by atoms with van der Waals surface area (Å²) in [6, 6.07) is 10.4. The highest BCUT2D eigenvalue weighted by Gasteiger charge is 2.35. The number of hydrogen-bond donors (Lipinski definition) is 0. The second kappa shape index (κ2) is 10.7. The fraction of sp³-hybridized carbons (Fsp3) is 0.207. The third-order valence-corrected chi connectivity index (χ3v) is 8.56. The lowest BCUT2D eigenvalue weighted by Gasteiger charge is -2.22. The number of aryl methyl sites for hydroxylation is 1. The Morgan fingerprint density at radius 2 is 1.98 bits per heavy atom. The van der Waals surface area contributed by atoms with Gasteiger partial charge in [0.25, 0.3) is 11.2 Å². The van der Waals surface area contributed by atoms with Crippen LogP contribution in [0, 0.1) is 17.0 Å². The van der Waals surface area contributed by atoms with E-state index in [9.17, 15) is 19.7 Å². The number of allylic oxidation sites excluding steroid dienone is 1. The minimum atomic E-state index is -0.976. The van der Waals surface area contributed by atoms with E-state index in [0.717, 1.165) is 5.56 Å². The fourth-order valence-electron chi connectivity index (χ4n) is 4.88. The summed E-state index contributed by atoms with van der Waals surface area (Å²) in [7, 11) is 0. The summed E-state index contributed by atoms with van der Waals surface area (Å²) in [5.74, 6) is 1.18. The second-order valence-electron chi connectivity index (χ2n) is 9.49. The monoisotopic (exact) mass is 651 g/mol. The van der Waals surface area contributed by atoms with Crippen LogP contribution in [0.2, 0.25) is 0 Å². The van der Waals surface area contributed by atoms with Crippen molar-refractivity contribution >= 4 is 45.0 Å². The number of nitro groups is 1. The number of nitrogens with zero attached hydrogens (tertiary/aromatic N) is 3. The molecule has 4 aromatic rings. The Bertz CT molecular complexity index is 2010. The van der Waals surface area contributed by atoms with Crippen LogP contribution in [0.15, 0.2) is 72.4 Å². The fourth-order valence-corrected chi connectivity index (χ4v) is 6.35. The zero-order valence-corrected chi connectivity index (χ0v) is 24.9. The number of non-ortho nitro benzene ring substituents is 1. The average Bonchev–Trinajstić information content (AvgIpc) is 3.68. The van der Waals surface area contributed by atoms with Gasteiger partial charge in [0.05, 0.1) is 27.3 Å². The molecule has 6 rings (SSSR count). The Hall–Kier alpha value is -4.49. The van der Waals surface area contributed by atoms with E-state index in [2.05, 4.69) is 20.9 Å². The Labute approximate surface area is 250 Å². The van der Waals surface area contributed by atoms with E-state index in [1.54, 1.807) is 50.3 Å². The predicted molar refractivity (Wildman–Crippen MR) is 156 cm³/mol. The van der Waals surface area contributed by atoms with E-state index in [1.165, 1.54) is 28.0 Å². The molecular weight excluding hydrogens is 630 g/mol. The van der Waals surface area contributed by atoms with Crippen molar-refractivity contribution in [2.24, 2.45) is 4.99 Å². The number of aromatic nitrogens is 1. The van der Waals surface area contributed by atoms with Crippen LogP contribution in [-0.2, 0) is 9.53 Å². The third-order valence-electron chi connectivity index (χ3n) is 6.89. The quantitative estimate of drug-likeness (QED) is 0.165. The van der Waals surface area contributed by atoms with Crippen LogP contribution in [0.5, 0.6) is 11.5 Å². The maximum Gasteiger partial charge on any atom is 0.338 e. The molecule has 2 aromatic carbocycles. The van der Waals surface area contributed by atoms with Crippen molar-refractivity contribution in [3.63, 3.8) is 0 Å². The molecule has 0 saturated carbocycles. The summed E-state index contributed by atoms with van der Waals surface area (Å²) in [6.45, 7) is 5.43. The third kappa shape index (κ3) is 4.73. The Kier molecular flexibility index (Phi) is 7.07. The van der Waals surface area contributed by atoms with Crippen LogP contribution in [0.3, 0.4) is 0 Å². The molecule has 0 radical (unpaired) electrons. The smallest absolute Gasteiger partial charge is 0.338 e. The number of furan rings is 1. The highest BCUT2D eigenvalue weighted by molar-refractivity contribution is 9.10. The highest BCUT2D eigenvalue weighted by Crippen LogP contribution is 2.38. The van der Waals surface area contributed by atoms with Gasteiger partial charge < -0.3 is 18.6 Å². The molecule has 42 heavy (non-hydrogen) atoms. The first kappa shape index (κ1) is 27.7. The molecule has 13 heteroatoms. The lowest BCUT2D eigenvalue weighted by atomic mass is 10.0. The zero-order chi connectivity index (χ0) is 29.7. The molecule has 2 aliphatic rings. The molecule has 0 spiro atoms. The first-order valence-corrected chi connectivity index (χ1v) is 14.4.